The predicted molar refractivity (Wildman–Crippen MR) is 84.7 cm³/mol. The highest BCUT2D eigenvalue weighted by Gasteiger charge is 2.20. The van der Waals surface area contributed by atoms with Crippen molar-refractivity contribution in [2.45, 2.75) is 52.0 Å². The Morgan fingerprint density at radius 3 is 2.81 bits per heavy atom. The molecule has 2 atom stereocenters. The Morgan fingerprint density at radius 1 is 1.38 bits per heavy atom. The zero-order chi connectivity index (χ0) is 15.2. The topological polar surface area (TPSA) is 80.1 Å². The van der Waals surface area contributed by atoms with Gasteiger partial charge in [0, 0.05) is 12.6 Å². The predicted octanol–water partition coefficient (Wildman–Crippen LogP) is 3.80. The smallest absolute Gasteiger partial charge is 0.276 e. The van der Waals surface area contributed by atoms with E-state index in [1.807, 2.05) is 6.92 Å². The summed E-state index contributed by atoms with van der Waals surface area (Å²) in [6.07, 6.45) is 5.63. The van der Waals surface area contributed by atoms with Crippen molar-refractivity contribution in [2.24, 2.45) is 5.92 Å². The fraction of sp³-hybridized carbons (Fsp3) is 0.667. The molecule has 2 N–H and O–H groups in total. The second-order valence-electron chi connectivity index (χ2n) is 5.89. The number of aromatic nitrogens is 1. The zero-order valence-electron chi connectivity index (χ0n) is 12.8. The summed E-state index contributed by atoms with van der Waals surface area (Å²) >= 11 is 0. The number of hydrogen-bond acceptors (Lipinski definition) is 5. The van der Waals surface area contributed by atoms with Crippen molar-refractivity contribution in [1.82, 2.24) is 4.98 Å². The summed E-state index contributed by atoms with van der Waals surface area (Å²) in [4.78, 5) is 15.1. The lowest BCUT2D eigenvalue weighted by Gasteiger charge is -2.27. The molecule has 2 rings (SSSR count). The van der Waals surface area contributed by atoms with Crippen LogP contribution in [0.1, 0.15) is 46.0 Å². The minimum absolute atomic E-state index is 0.0787. The molecule has 0 amide bonds. The molecule has 116 valence electrons. The van der Waals surface area contributed by atoms with Gasteiger partial charge in [0.15, 0.2) is 0 Å². The summed E-state index contributed by atoms with van der Waals surface area (Å²) in [5.41, 5.74) is 0.0787. The number of anilines is 2. The Hall–Kier alpha value is -1.85. The van der Waals surface area contributed by atoms with E-state index in [0.29, 0.717) is 23.6 Å². The maximum absolute atomic E-state index is 11.0. The second-order valence-corrected chi connectivity index (χ2v) is 5.89. The van der Waals surface area contributed by atoms with Gasteiger partial charge in [0.1, 0.15) is 11.6 Å². The van der Waals surface area contributed by atoms with Gasteiger partial charge < -0.3 is 10.6 Å². The standard InChI is InChI=1S/C15H24N4O2/c1-3-7-16-14-9-13(19(20)21)10-15(18-14)17-12-6-4-5-11(2)8-12/h9-12H,3-8H2,1-2H3,(H2,16,17,18). The molecule has 0 radical (unpaired) electrons. The van der Waals surface area contributed by atoms with Crippen molar-refractivity contribution in [3.63, 3.8) is 0 Å². The first-order chi connectivity index (χ1) is 10.1. The summed E-state index contributed by atoms with van der Waals surface area (Å²) in [5.74, 6) is 1.87. The number of nitrogens with one attached hydrogen (secondary N) is 2. The zero-order valence-corrected chi connectivity index (χ0v) is 12.8. The van der Waals surface area contributed by atoms with Crippen molar-refractivity contribution in [1.29, 1.82) is 0 Å². The van der Waals surface area contributed by atoms with E-state index in [1.54, 1.807) is 0 Å². The Morgan fingerprint density at radius 2 is 2.14 bits per heavy atom. The summed E-state index contributed by atoms with van der Waals surface area (Å²) in [5, 5.41) is 17.5. The van der Waals surface area contributed by atoms with Crippen LogP contribution in [-0.4, -0.2) is 22.5 Å². The number of rotatable bonds is 6. The quantitative estimate of drug-likeness (QED) is 0.615. The van der Waals surface area contributed by atoms with Crippen LogP contribution < -0.4 is 10.6 Å². The van der Waals surface area contributed by atoms with E-state index >= 15 is 0 Å². The monoisotopic (exact) mass is 292 g/mol. The molecular formula is C15H24N4O2. The highest BCUT2D eigenvalue weighted by Crippen LogP contribution is 2.27. The molecule has 1 heterocycles. The van der Waals surface area contributed by atoms with Gasteiger partial charge in [-0.05, 0) is 25.2 Å². The van der Waals surface area contributed by atoms with Crippen molar-refractivity contribution in [2.75, 3.05) is 17.2 Å². The van der Waals surface area contributed by atoms with Gasteiger partial charge in [0.2, 0.25) is 0 Å². The van der Waals surface area contributed by atoms with E-state index in [0.717, 1.165) is 25.8 Å². The van der Waals surface area contributed by atoms with Crippen molar-refractivity contribution >= 4 is 17.3 Å². The highest BCUT2D eigenvalue weighted by atomic mass is 16.6. The summed E-state index contributed by atoms with van der Waals surface area (Å²) < 4.78 is 0. The third kappa shape index (κ3) is 4.58. The SMILES string of the molecule is CCCNc1cc([N+](=O)[O-])cc(NC2CCCC(C)C2)n1. The largest absolute Gasteiger partial charge is 0.370 e. The lowest BCUT2D eigenvalue weighted by Crippen LogP contribution is -2.26. The van der Waals surface area contributed by atoms with Gasteiger partial charge in [0.25, 0.3) is 5.69 Å². The lowest BCUT2D eigenvalue weighted by molar-refractivity contribution is -0.384. The fourth-order valence-corrected chi connectivity index (χ4v) is 2.81. The molecule has 1 aromatic rings. The highest BCUT2D eigenvalue weighted by molar-refractivity contribution is 5.55. The molecule has 1 fully saturated rings. The van der Waals surface area contributed by atoms with Crippen LogP contribution in [0, 0.1) is 16.0 Å². The number of nitrogens with zero attached hydrogens (tertiary/aromatic N) is 2. The lowest BCUT2D eigenvalue weighted by atomic mass is 9.87. The molecule has 6 heteroatoms. The van der Waals surface area contributed by atoms with Crippen LogP contribution in [0.25, 0.3) is 0 Å². The third-order valence-electron chi connectivity index (χ3n) is 3.87. The Labute approximate surface area is 125 Å². The first-order valence-electron chi connectivity index (χ1n) is 7.75. The number of hydrogen-bond donors (Lipinski definition) is 2. The normalized spacial score (nSPS) is 21.8. The summed E-state index contributed by atoms with van der Waals surface area (Å²) in [6.45, 7) is 5.06. The van der Waals surface area contributed by atoms with Crippen molar-refractivity contribution in [3.05, 3.63) is 22.2 Å². The molecule has 0 spiro atoms. The van der Waals surface area contributed by atoms with Gasteiger partial charge in [0.05, 0.1) is 17.1 Å². The average molecular weight is 292 g/mol. The molecule has 1 aromatic heterocycles. The number of nitro groups is 1. The Kier molecular flexibility index (Phi) is 5.36. The molecule has 0 aliphatic heterocycles. The van der Waals surface area contributed by atoms with Gasteiger partial charge in [-0.3, -0.25) is 10.1 Å². The fourth-order valence-electron chi connectivity index (χ4n) is 2.81. The van der Waals surface area contributed by atoms with E-state index in [4.69, 9.17) is 0 Å². The van der Waals surface area contributed by atoms with E-state index in [-0.39, 0.29) is 10.6 Å². The van der Waals surface area contributed by atoms with Crippen molar-refractivity contribution < 1.29 is 4.92 Å². The Balaban J connectivity index is 2.12. The summed E-state index contributed by atoms with van der Waals surface area (Å²) in [7, 11) is 0. The maximum atomic E-state index is 11.0. The van der Waals surface area contributed by atoms with Crippen LogP contribution in [-0.2, 0) is 0 Å². The van der Waals surface area contributed by atoms with Crippen LogP contribution in [0.4, 0.5) is 17.3 Å². The third-order valence-corrected chi connectivity index (χ3v) is 3.87. The Bertz CT molecular complexity index is 493. The molecule has 6 nitrogen and oxygen atoms in total. The van der Waals surface area contributed by atoms with Crippen LogP contribution >= 0.6 is 0 Å². The first kappa shape index (κ1) is 15.5. The molecule has 1 aliphatic rings. The van der Waals surface area contributed by atoms with Gasteiger partial charge in [-0.25, -0.2) is 4.98 Å². The van der Waals surface area contributed by atoms with E-state index in [1.165, 1.54) is 25.0 Å². The average Bonchev–Trinajstić information content (AvgIpc) is 2.45. The number of pyridine rings is 1. The second kappa shape index (κ2) is 7.24. The minimum Gasteiger partial charge on any atom is -0.370 e. The molecule has 0 saturated heterocycles. The van der Waals surface area contributed by atoms with Gasteiger partial charge >= 0.3 is 0 Å². The molecule has 1 aliphatic carbocycles. The first-order valence-corrected chi connectivity index (χ1v) is 7.75. The van der Waals surface area contributed by atoms with Crippen LogP contribution in [0.15, 0.2) is 12.1 Å². The molecule has 0 aromatic carbocycles. The van der Waals surface area contributed by atoms with E-state index in [9.17, 15) is 10.1 Å². The van der Waals surface area contributed by atoms with Gasteiger partial charge in [-0.1, -0.05) is 26.7 Å². The molecule has 2 unspecified atom stereocenters. The molecule has 21 heavy (non-hydrogen) atoms. The maximum Gasteiger partial charge on any atom is 0.276 e. The summed E-state index contributed by atoms with van der Waals surface area (Å²) in [6, 6.07) is 3.38. The van der Waals surface area contributed by atoms with E-state index in [2.05, 4.69) is 22.5 Å². The van der Waals surface area contributed by atoms with Crippen LogP contribution in [0.5, 0.6) is 0 Å². The van der Waals surface area contributed by atoms with Gasteiger partial charge in [-0.15, -0.1) is 0 Å². The molecular weight excluding hydrogens is 268 g/mol. The van der Waals surface area contributed by atoms with Crippen molar-refractivity contribution in [3.8, 4) is 0 Å². The van der Waals surface area contributed by atoms with Gasteiger partial charge in [-0.2, -0.15) is 0 Å². The van der Waals surface area contributed by atoms with E-state index < -0.39 is 0 Å². The molecule has 1 saturated carbocycles. The molecule has 0 bridgehead atoms. The van der Waals surface area contributed by atoms with Crippen LogP contribution in [0.2, 0.25) is 0 Å². The minimum atomic E-state index is -0.368. The van der Waals surface area contributed by atoms with Crippen LogP contribution in [0.3, 0.4) is 0 Å².